The minimum absolute atomic E-state index is 0.0270. The summed E-state index contributed by atoms with van der Waals surface area (Å²) in [7, 11) is 3.85. The van der Waals surface area contributed by atoms with Gasteiger partial charge in [-0.25, -0.2) is 0 Å². The predicted molar refractivity (Wildman–Crippen MR) is 159 cm³/mol. The van der Waals surface area contributed by atoms with E-state index in [-0.39, 0.29) is 28.7 Å². The van der Waals surface area contributed by atoms with Gasteiger partial charge in [0.25, 0.3) is 11.8 Å². The molecule has 5 N–H and O–H groups in total. The third kappa shape index (κ3) is 6.13. The lowest BCUT2D eigenvalue weighted by Gasteiger charge is -2.31. The van der Waals surface area contributed by atoms with Crippen LogP contribution in [0.5, 0.6) is 0 Å². The van der Waals surface area contributed by atoms with Crippen LogP contribution in [0.2, 0.25) is 0 Å². The van der Waals surface area contributed by atoms with E-state index >= 15 is 0 Å². The van der Waals surface area contributed by atoms with Gasteiger partial charge in [-0.1, -0.05) is 61.5 Å². The highest BCUT2D eigenvalue weighted by Crippen LogP contribution is 2.34. The zero-order chi connectivity index (χ0) is 28.8. The molecule has 3 amide bonds. The monoisotopic (exact) mass is 556 g/mol. The molecule has 0 bridgehead atoms. The van der Waals surface area contributed by atoms with Crippen molar-refractivity contribution in [1.29, 1.82) is 0 Å². The van der Waals surface area contributed by atoms with E-state index in [9.17, 15) is 14.4 Å². The van der Waals surface area contributed by atoms with Gasteiger partial charge in [0.05, 0.1) is 5.69 Å². The number of nitrogens with two attached hydrogens (primary N) is 2. The molecule has 1 heterocycles. The molecule has 0 fully saturated rings. The van der Waals surface area contributed by atoms with Crippen molar-refractivity contribution in [2.45, 2.75) is 25.9 Å². The van der Waals surface area contributed by atoms with Gasteiger partial charge in [0.15, 0.2) is 5.69 Å². The minimum Gasteiger partial charge on any atom is -0.395 e. The van der Waals surface area contributed by atoms with Gasteiger partial charge >= 0.3 is 0 Å². The highest BCUT2D eigenvalue weighted by Gasteiger charge is 2.36. The second-order valence-electron chi connectivity index (χ2n) is 9.43. The quantitative estimate of drug-likeness (QED) is 0.269. The standard InChI is InChI=1S/C30H32N6O3S/c1-4-19-10-14-23(15-11-19)36(30(39)27-24(31)25(28(32)37)34-40-27)26(21-12-16-22(17-13-21)35(2)3)29(38)33-18-20-8-6-5-7-9-20/h5-17,26H,4,18,31H2,1-3H3,(H2,32,37)(H,33,38)/t26-/m1/s1. The van der Waals surface area contributed by atoms with Crippen LogP contribution in [0, 0.1) is 0 Å². The van der Waals surface area contributed by atoms with E-state index < -0.39 is 17.9 Å². The summed E-state index contributed by atoms with van der Waals surface area (Å²) < 4.78 is 4.01. The lowest BCUT2D eigenvalue weighted by molar-refractivity contribution is -0.122. The molecule has 0 unspecified atom stereocenters. The maximum Gasteiger partial charge on any atom is 0.273 e. The number of rotatable bonds is 10. The number of carbonyl (C=O) groups excluding carboxylic acids is 3. The zero-order valence-corrected chi connectivity index (χ0v) is 23.4. The van der Waals surface area contributed by atoms with Gasteiger partial charge < -0.3 is 21.7 Å². The SMILES string of the molecule is CCc1ccc(N(C(=O)c2snc(C(N)=O)c2N)[C@@H](C(=O)NCc2ccccc2)c2ccc(N(C)C)cc2)cc1. The lowest BCUT2D eigenvalue weighted by Crippen LogP contribution is -2.44. The molecule has 0 aliphatic rings. The summed E-state index contributed by atoms with van der Waals surface area (Å²) in [5, 5.41) is 2.99. The molecule has 0 saturated carbocycles. The van der Waals surface area contributed by atoms with Gasteiger partial charge in [0, 0.05) is 32.0 Å². The van der Waals surface area contributed by atoms with Gasteiger partial charge in [-0.3, -0.25) is 19.3 Å². The number of hydrogen-bond donors (Lipinski definition) is 3. The van der Waals surface area contributed by atoms with Crippen LogP contribution >= 0.6 is 11.5 Å². The molecule has 3 aromatic carbocycles. The van der Waals surface area contributed by atoms with Crippen LogP contribution < -0.4 is 26.6 Å². The summed E-state index contributed by atoms with van der Waals surface area (Å²) in [6, 6.07) is 23.3. The number of primary amides is 1. The molecule has 206 valence electrons. The molecule has 0 spiro atoms. The van der Waals surface area contributed by atoms with E-state index in [1.165, 1.54) is 4.90 Å². The highest BCUT2D eigenvalue weighted by molar-refractivity contribution is 7.09. The number of carbonyl (C=O) groups is 3. The number of anilines is 3. The molecule has 4 rings (SSSR count). The molecule has 1 aromatic heterocycles. The highest BCUT2D eigenvalue weighted by atomic mass is 32.1. The van der Waals surface area contributed by atoms with Crippen molar-refractivity contribution in [3.63, 3.8) is 0 Å². The number of nitrogen functional groups attached to an aromatic ring is 1. The Morgan fingerprint density at radius 3 is 2.08 bits per heavy atom. The summed E-state index contributed by atoms with van der Waals surface area (Å²) >= 11 is 0.779. The second kappa shape index (κ2) is 12.4. The van der Waals surface area contributed by atoms with Crippen molar-refractivity contribution in [2.24, 2.45) is 5.73 Å². The van der Waals surface area contributed by atoms with Gasteiger partial charge in [-0.05, 0) is 58.9 Å². The molecule has 0 aliphatic carbocycles. The third-order valence-electron chi connectivity index (χ3n) is 6.54. The summed E-state index contributed by atoms with van der Waals surface area (Å²) in [5.74, 6) is -1.78. The minimum atomic E-state index is -1.06. The van der Waals surface area contributed by atoms with E-state index in [0.29, 0.717) is 11.3 Å². The van der Waals surface area contributed by atoms with E-state index in [4.69, 9.17) is 11.5 Å². The van der Waals surface area contributed by atoms with Crippen LogP contribution in [0.1, 0.15) is 49.8 Å². The summed E-state index contributed by atoms with van der Waals surface area (Å²) in [6.07, 6.45) is 0.810. The summed E-state index contributed by atoms with van der Waals surface area (Å²) in [5.41, 5.74) is 15.3. The number of nitrogens with zero attached hydrogens (tertiary/aromatic N) is 3. The van der Waals surface area contributed by atoms with E-state index in [0.717, 1.165) is 34.8 Å². The van der Waals surface area contributed by atoms with Crippen molar-refractivity contribution >= 4 is 46.3 Å². The van der Waals surface area contributed by atoms with Crippen LogP contribution in [0.25, 0.3) is 0 Å². The number of benzene rings is 3. The van der Waals surface area contributed by atoms with Crippen molar-refractivity contribution in [1.82, 2.24) is 9.69 Å². The molecule has 0 radical (unpaired) electrons. The topological polar surface area (TPSA) is 135 Å². The molecular formula is C30H32N6O3S. The van der Waals surface area contributed by atoms with Crippen LogP contribution in [0.4, 0.5) is 17.1 Å². The van der Waals surface area contributed by atoms with Crippen molar-refractivity contribution in [3.05, 3.63) is 106 Å². The first-order chi connectivity index (χ1) is 19.2. The fourth-order valence-corrected chi connectivity index (χ4v) is 5.01. The lowest BCUT2D eigenvalue weighted by atomic mass is 10.0. The van der Waals surface area contributed by atoms with E-state index in [1.54, 1.807) is 12.1 Å². The van der Waals surface area contributed by atoms with Crippen molar-refractivity contribution in [3.8, 4) is 0 Å². The van der Waals surface area contributed by atoms with Crippen LogP contribution in [-0.2, 0) is 17.8 Å². The van der Waals surface area contributed by atoms with Crippen molar-refractivity contribution in [2.75, 3.05) is 29.6 Å². The van der Waals surface area contributed by atoms with E-state index in [2.05, 4.69) is 9.69 Å². The molecular weight excluding hydrogens is 524 g/mol. The maximum atomic E-state index is 14.2. The Labute approximate surface area is 237 Å². The van der Waals surface area contributed by atoms with Gasteiger partial charge in [-0.2, -0.15) is 4.37 Å². The number of amides is 3. The number of hydrogen-bond acceptors (Lipinski definition) is 7. The Hall–Kier alpha value is -4.70. The zero-order valence-electron chi connectivity index (χ0n) is 22.6. The first-order valence-corrected chi connectivity index (χ1v) is 13.5. The van der Waals surface area contributed by atoms with Crippen LogP contribution in [0.15, 0.2) is 78.9 Å². The predicted octanol–water partition coefficient (Wildman–Crippen LogP) is 4.16. The fourth-order valence-electron chi connectivity index (χ4n) is 4.27. The molecule has 10 heteroatoms. The normalized spacial score (nSPS) is 11.5. The Bertz CT molecular complexity index is 1480. The molecule has 4 aromatic rings. The smallest absolute Gasteiger partial charge is 0.273 e. The summed E-state index contributed by atoms with van der Waals surface area (Å²) in [4.78, 5) is 43.4. The van der Waals surface area contributed by atoms with Gasteiger partial charge in [0.2, 0.25) is 5.91 Å². The Morgan fingerprint density at radius 2 is 1.52 bits per heavy atom. The van der Waals surface area contributed by atoms with E-state index in [1.807, 2.05) is 92.6 Å². The average molecular weight is 557 g/mol. The molecule has 40 heavy (non-hydrogen) atoms. The van der Waals surface area contributed by atoms with Gasteiger partial charge in [0.1, 0.15) is 10.9 Å². The Kier molecular flexibility index (Phi) is 8.80. The van der Waals surface area contributed by atoms with Crippen LogP contribution in [-0.4, -0.2) is 36.2 Å². The first kappa shape index (κ1) is 28.3. The molecule has 0 saturated heterocycles. The van der Waals surface area contributed by atoms with Gasteiger partial charge in [-0.15, -0.1) is 0 Å². The maximum absolute atomic E-state index is 14.2. The van der Waals surface area contributed by atoms with Crippen LogP contribution in [0.3, 0.4) is 0 Å². The number of aromatic nitrogens is 1. The fraction of sp³-hybridized carbons (Fsp3) is 0.200. The number of aryl methyl sites for hydroxylation is 1. The largest absolute Gasteiger partial charge is 0.395 e. The third-order valence-corrected chi connectivity index (χ3v) is 7.39. The Balaban J connectivity index is 1.84. The molecule has 0 aliphatic heterocycles. The molecule has 9 nitrogen and oxygen atoms in total. The second-order valence-corrected chi connectivity index (χ2v) is 10.2. The van der Waals surface area contributed by atoms with Crippen molar-refractivity contribution < 1.29 is 14.4 Å². The summed E-state index contributed by atoms with van der Waals surface area (Å²) in [6.45, 7) is 2.31. The Morgan fingerprint density at radius 1 is 0.900 bits per heavy atom. The number of nitrogens with one attached hydrogen (secondary N) is 1. The first-order valence-electron chi connectivity index (χ1n) is 12.8. The molecule has 1 atom stereocenters. The average Bonchev–Trinajstić information content (AvgIpc) is 3.36.